The van der Waals surface area contributed by atoms with Gasteiger partial charge < -0.3 is 15.8 Å². The second-order valence-corrected chi connectivity index (χ2v) is 9.82. The van der Waals surface area contributed by atoms with E-state index >= 15 is 4.39 Å². The monoisotopic (exact) mass is 497 g/mol. The van der Waals surface area contributed by atoms with Crippen LogP contribution in [0.3, 0.4) is 0 Å². The molecule has 4 atom stereocenters. The number of benzene rings is 1. The fraction of sp³-hybridized carbons (Fsp3) is 0.360. The Hall–Kier alpha value is -3.46. The number of anilines is 1. The number of hydrogen-bond donors (Lipinski definition) is 2. The Morgan fingerprint density at radius 1 is 1.23 bits per heavy atom. The number of aromatic nitrogens is 3. The second kappa shape index (κ2) is 8.96. The van der Waals surface area contributed by atoms with E-state index in [1.165, 1.54) is 41.7 Å². The van der Waals surface area contributed by atoms with Gasteiger partial charge in [-0.05, 0) is 61.3 Å². The summed E-state index contributed by atoms with van der Waals surface area (Å²) in [5.41, 5.74) is 1.33. The van der Waals surface area contributed by atoms with E-state index in [-0.39, 0.29) is 33.8 Å². The van der Waals surface area contributed by atoms with Crippen molar-refractivity contribution in [3.05, 3.63) is 70.2 Å². The number of nitrogens with zero attached hydrogens (tertiary/aromatic N) is 3. The number of carbonyl (C=O) groups is 2. The molecule has 8 nitrogen and oxygen atoms in total. The van der Waals surface area contributed by atoms with Gasteiger partial charge in [0, 0.05) is 37.5 Å². The Balaban J connectivity index is 1.37. The van der Waals surface area contributed by atoms with Crippen molar-refractivity contribution < 1.29 is 18.7 Å². The molecule has 10 heteroatoms. The van der Waals surface area contributed by atoms with Gasteiger partial charge >= 0.3 is 0 Å². The van der Waals surface area contributed by atoms with Gasteiger partial charge in [-0.1, -0.05) is 11.6 Å². The number of pyridine rings is 1. The van der Waals surface area contributed by atoms with Crippen molar-refractivity contribution in [3.8, 4) is 11.1 Å². The third kappa shape index (κ3) is 4.48. The lowest BCUT2D eigenvalue weighted by molar-refractivity contribution is -0.611. The van der Waals surface area contributed by atoms with Crippen LogP contribution in [0.2, 0.25) is 5.02 Å². The van der Waals surface area contributed by atoms with Crippen molar-refractivity contribution >= 4 is 29.1 Å². The molecule has 2 saturated carbocycles. The first-order valence-electron chi connectivity index (χ1n) is 11.5. The summed E-state index contributed by atoms with van der Waals surface area (Å²) in [5.74, 6) is -0.168. The summed E-state index contributed by atoms with van der Waals surface area (Å²) in [4.78, 5) is 26.1. The van der Waals surface area contributed by atoms with E-state index in [1.54, 1.807) is 26.1 Å². The number of hydrogen-bond acceptors (Lipinski definition) is 4. The summed E-state index contributed by atoms with van der Waals surface area (Å²) in [6.07, 6.45) is 5.72. The molecule has 0 saturated heterocycles. The number of rotatable bonds is 6. The van der Waals surface area contributed by atoms with Crippen LogP contribution in [0.25, 0.3) is 11.1 Å². The van der Waals surface area contributed by atoms with E-state index in [0.717, 1.165) is 12.8 Å². The van der Waals surface area contributed by atoms with Crippen LogP contribution < -0.4 is 15.4 Å². The number of carbonyl (C=O) groups excluding carboxylic acids is 2. The van der Waals surface area contributed by atoms with Crippen LogP contribution in [0.4, 0.5) is 10.1 Å². The van der Waals surface area contributed by atoms with E-state index in [4.69, 9.17) is 11.6 Å². The van der Waals surface area contributed by atoms with Crippen molar-refractivity contribution in [1.82, 2.24) is 15.1 Å². The van der Waals surface area contributed by atoms with E-state index in [9.17, 15) is 14.8 Å². The molecule has 0 bridgehead atoms. The SMILES string of the molecule is Cc1c(-c2ccc(NC(=O)[C@@H](NC(=O)c3ccnn3C)C3C[C@@H]4C[C@@H]4C3)cc2F)c(Cl)cc[n+]1[O-]. The average Bonchev–Trinajstić information content (AvgIpc) is 3.20. The molecule has 2 heterocycles. The van der Waals surface area contributed by atoms with Crippen molar-refractivity contribution in [1.29, 1.82) is 0 Å². The second-order valence-electron chi connectivity index (χ2n) is 9.41. The molecule has 2 aliphatic carbocycles. The molecule has 2 amide bonds. The summed E-state index contributed by atoms with van der Waals surface area (Å²) in [6.45, 7) is 1.56. The van der Waals surface area contributed by atoms with Crippen LogP contribution in [0.5, 0.6) is 0 Å². The molecular weight excluding hydrogens is 473 g/mol. The maximum absolute atomic E-state index is 15.1. The number of nitrogens with one attached hydrogen (secondary N) is 2. The Kier molecular flexibility index (Phi) is 5.96. The first-order chi connectivity index (χ1) is 16.7. The van der Waals surface area contributed by atoms with Crippen LogP contribution in [0.15, 0.2) is 42.7 Å². The highest BCUT2D eigenvalue weighted by molar-refractivity contribution is 6.33. The molecule has 3 aromatic rings. The molecule has 2 aliphatic rings. The Bertz CT molecular complexity index is 1320. The molecule has 2 aromatic heterocycles. The van der Waals surface area contributed by atoms with Gasteiger partial charge in [0.1, 0.15) is 17.6 Å². The van der Waals surface area contributed by atoms with Gasteiger partial charge in [0.15, 0.2) is 11.9 Å². The highest BCUT2D eigenvalue weighted by Gasteiger charge is 2.49. The van der Waals surface area contributed by atoms with Gasteiger partial charge in [-0.15, -0.1) is 0 Å². The zero-order chi connectivity index (χ0) is 24.9. The first-order valence-corrected chi connectivity index (χ1v) is 11.9. The minimum absolute atomic E-state index is 0.0123. The molecule has 0 spiro atoms. The molecule has 0 aliphatic heterocycles. The van der Waals surface area contributed by atoms with Gasteiger partial charge in [-0.3, -0.25) is 14.3 Å². The molecular formula is C25H25ClFN5O3. The fourth-order valence-corrected chi connectivity index (χ4v) is 5.49. The lowest BCUT2D eigenvalue weighted by atomic mass is 9.93. The van der Waals surface area contributed by atoms with Crippen LogP contribution in [-0.4, -0.2) is 27.6 Å². The third-order valence-corrected chi connectivity index (χ3v) is 7.48. The lowest BCUT2D eigenvalue weighted by Crippen LogP contribution is -2.48. The summed E-state index contributed by atoms with van der Waals surface area (Å²) in [6, 6.07) is 6.48. The number of fused-ring (bicyclic) bond motifs is 1. The standard InChI is InChI=1S/C25H25ClFN5O3/c1-13-22(19(26)6-8-32(13)35)18-4-3-17(12-20(18)27)29-25(34)23(16-10-14-9-15(14)11-16)30-24(33)21-5-7-28-31(21)2/h3-8,12,14-16,23H,9-11H2,1-2H3,(H,29,34)(H,30,33)/t14-,15+,16?,23-/m0/s1. The third-order valence-electron chi connectivity index (χ3n) is 7.17. The summed E-state index contributed by atoms with van der Waals surface area (Å²) in [7, 11) is 1.66. The summed E-state index contributed by atoms with van der Waals surface area (Å²) in [5, 5.41) is 21.9. The van der Waals surface area contributed by atoms with Crippen molar-refractivity contribution in [2.75, 3.05) is 5.32 Å². The predicted octanol–water partition coefficient (Wildman–Crippen LogP) is 3.60. The number of halogens is 2. The zero-order valence-electron chi connectivity index (χ0n) is 19.3. The van der Waals surface area contributed by atoms with E-state index in [0.29, 0.717) is 27.8 Å². The minimum atomic E-state index is -0.752. The van der Waals surface area contributed by atoms with Crippen molar-refractivity contribution in [2.45, 2.75) is 32.2 Å². The van der Waals surface area contributed by atoms with E-state index in [1.807, 2.05) is 0 Å². The fourth-order valence-electron chi connectivity index (χ4n) is 5.19. The molecule has 2 N–H and O–H groups in total. The smallest absolute Gasteiger partial charge is 0.270 e. The maximum Gasteiger partial charge on any atom is 0.270 e. The van der Waals surface area contributed by atoms with Crippen molar-refractivity contribution in [3.63, 3.8) is 0 Å². The minimum Gasteiger partial charge on any atom is -0.618 e. The number of aryl methyl sites for hydroxylation is 1. The maximum atomic E-state index is 15.1. The quantitative estimate of drug-likeness (QED) is 0.401. The molecule has 2 fully saturated rings. The topological polar surface area (TPSA) is 103 Å². The summed E-state index contributed by atoms with van der Waals surface area (Å²) < 4.78 is 17.2. The van der Waals surface area contributed by atoms with Crippen LogP contribution >= 0.6 is 11.6 Å². The first kappa shape index (κ1) is 23.3. The van der Waals surface area contributed by atoms with E-state index < -0.39 is 17.8 Å². The molecule has 182 valence electrons. The predicted molar refractivity (Wildman–Crippen MR) is 128 cm³/mol. The summed E-state index contributed by atoms with van der Waals surface area (Å²) >= 11 is 6.23. The van der Waals surface area contributed by atoms with Crippen molar-refractivity contribution in [2.24, 2.45) is 24.8 Å². The van der Waals surface area contributed by atoms with Gasteiger partial charge in [-0.2, -0.15) is 9.83 Å². The molecule has 1 aromatic carbocycles. The average molecular weight is 498 g/mol. The van der Waals surface area contributed by atoms with Crippen LogP contribution in [0.1, 0.15) is 35.4 Å². The highest BCUT2D eigenvalue weighted by Crippen LogP contribution is 2.55. The Morgan fingerprint density at radius 3 is 2.63 bits per heavy atom. The van der Waals surface area contributed by atoms with E-state index in [2.05, 4.69) is 15.7 Å². The molecule has 0 radical (unpaired) electrons. The van der Waals surface area contributed by atoms with Crippen LogP contribution in [0, 0.1) is 35.7 Å². The normalized spacial score (nSPS) is 21.3. The Morgan fingerprint density at radius 2 is 1.97 bits per heavy atom. The van der Waals surface area contributed by atoms with Crippen LogP contribution in [-0.2, 0) is 11.8 Å². The Labute approximate surface area is 206 Å². The van der Waals surface area contributed by atoms with Gasteiger partial charge in [0.2, 0.25) is 5.91 Å². The van der Waals surface area contributed by atoms with Gasteiger partial charge in [0.05, 0.1) is 10.6 Å². The largest absolute Gasteiger partial charge is 0.618 e. The zero-order valence-corrected chi connectivity index (χ0v) is 20.1. The number of amides is 2. The van der Waals surface area contributed by atoms with Gasteiger partial charge in [-0.25, -0.2) is 4.39 Å². The van der Waals surface area contributed by atoms with Gasteiger partial charge in [0.25, 0.3) is 5.91 Å². The molecule has 5 rings (SSSR count). The molecule has 1 unspecified atom stereocenters. The molecule has 35 heavy (non-hydrogen) atoms. The highest BCUT2D eigenvalue weighted by atomic mass is 35.5. The lowest BCUT2D eigenvalue weighted by Gasteiger charge is -2.25.